The Morgan fingerprint density at radius 3 is 2.65 bits per heavy atom. The Hall–Kier alpha value is -2.93. The molecule has 0 N–H and O–H groups in total. The minimum Gasteiger partial charge on any atom is -0.497 e. The normalized spacial score (nSPS) is 14.4. The third-order valence-electron chi connectivity index (χ3n) is 5.59. The molecule has 1 amide bonds. The van der Waals surface area contributed by atoms with Gasteiger partial charge in [0.05, 0.1) is 18.6 Å². The molecule has 0 aliphatic carbocycles. The van der Waals surface area contributed by atoms with E-state index in [9.17, 15) is 4.79 Å². The fourth-order valence-electron chi connectivity index (χ4n) is 3.85. The van der Waals surface area contributed by atoms with Gasteiger partial charge in [0.1, 0.15) is 5.75 Å². The third-order valence-corrected chi connectivity index (χ3v) is 6.54. The topological polar surface area (TPSA) is 50.6 Å². The Morgan fingerprint density at radius 2 is 1.87 bits per heavy atom. The maximum Gasteiger partial charge on any atom is 0.233 e. The maximum absolute atomic E-state index is 12.9. The summed E-state index contributed by atoms with van der Waals surface area (Å²) < 4.78 is 7.31. The highest BCUT2D eigenvalue weighted by atomic mass is 32.2. The predicted octanol–water partition coefficient (Wildman–Crippen LogP) is 4.02. The van der Waals surface area contributed by atoms with Gasteiger partial charge >= 0.3 is 0 Å². The number of ether oxygens (including phenoxy) is 1. The monoisotopic (exact) mass is 436 g/mol. The molecule has 7 heteroatoms. The molecule has 6 nitrogen and oxygen atoms in total. The molecule has 31 heavy (non-hydrogen) atoms. The van der Waals surface area contributed by atoms with Crippen molar-refractivity contribution in [2.75, 3.05) is 43.9 Å². The highest BCUT2D eigenvalue weighted by Gasteiger charge is 2.20. The van der Waals surface area contributed by atoms with Crippen LogP contribution in [0.5, 0.6) is 5.75 Å². The number of carbonyl (C=O) groups is 1. The molecule has 162 valence electrons. The van der Waals surface area contributed by atoms with Crippen molar-refractivity contribution >= 4 is 23.4 Å². The average Bonchev–Trinajstić information content (AvgIpc) is 3.12. The zero-order valence-electron chi connectivity index (χ0n) is 18.0. The molecule has 0 saturated carbocycles. The number of aryl methyl sites for hydroxylation is 1. The quantitative estimate of drug-likeness (QED) is 0.546. The van der Waals surface area contributed by atoms with E-state index in [1.807, 2.05) is 35.4 Å². The zero-order chi connectivity index (χ0) is 21.6. The number of carbonyl (C=O) groups excluding carboxylic acids is 1. The minimum absolute atomic E-state index is 0.168. The largest absolute Gasteiger partial charge is 0.497 e. The molecule has 1 aliphatic rings. The molecule has 0 unspecified atom stereocenters. The van der Waals surface area contributed by atoms with Crippen LogP contribution < -0.4 is 9.64 Å². The number of aromatic nitrogens is 2. The van der Waals surface area contributed by atoms with Crippen LogP contribution in [0.2, 0.25) is 0 Å². The summed E-state index contributed by atoms with van der Waals surface area (Å²) in [4.78, 5) is 21.7. The van der Waals surface area contributed by atoms with Crippen LogP contribution in [0.1, 0.15) is 12.0 Å². The number of thioether (sulfide) groups is 1. The summed E-state index contributed by atoms with van der Waals surface area (Å²) in [6.45, 7) is 5.39. The van der Waals surface area contributed by atoms with Crippen molar-refractivity contribution in [1.29, 1.82) is 0 Å². The lowest BCUT2D eigenvalue weighted by Gasteiger charge is -2.24. The van der Waals surface area contributed by atoms with Gasteiger partial charge < -0.3 is 14.5 Å². The maximum atomic E-state index is 12.9. The number of hydrogen-bond donors (Lipinski definition) is 0. The van der Waals surface area contributed by atoms with E-state index in [0.717, 1.165) is 49.2 Å². The first kappa shape index (κ1) is 21.3. The summed E-state index contributed by atoms with van der Waals surface area (Å²) in [7, 11) is 1.68. The second-order valence-electron chi connectivity index (χ2n) is 7.57. The molecular weight excluding hydrogens is 408 g/mol. The number of benzene rings is 2. The Balaban J connectivity index is 1.35. The molecule has 0 radical (unpaired) electrons. The van der Waals surface area contributed by atoms with Crippen molar-refractivity contribution in [2.24, 2.45) is 0 Å². The Bertz CT molecular complexity index is 1020. The minimum atomic E-state index is 0.168. The molecular formula is C24H28N4O2S. The van der Waals surface area contributed by atoms with Crippen LogP contribution in [0.4, 0.5) is 5.69 Å². The van der Waals surface area contributed by atoms with E-state index in [0.29, 0.717) is 5.75 Å². The van der Waals surface area contributed by atoms with Gasteiger partial charge in [-0.3, -0.25) is 9.36 Å². The Kier molecular flexibility index (Phi) is 6.82. The smallest absolute Gasteiger partial charge is 0.233 e. The van der Waals surface area contributed by atoms with E-state index in [1.54, 1.807) is 13.3 Å². The van der Waals surface area contributed by atoms with Crippen LogP contribution in [0.15, 0.2) is 66.1 Å². The van der Waals surface area contributed by atoms with E-state index in [2.05, 4.69) is 45.6 Å². The number of anilines is 1. The van der Waals surface area contributed by atoms with Crippen LogP contribution in [-0.2, 0) is 4.79 Å². The van der Waals surface area contributed by atoms with Gasteiger partial charge in [0.25, 0.3) is 0 Å². The lowest BCUT2D eigenvalue weighted by molar-refractivity contribution is -0.128. The van der Waals surface area contributed by atoms with Crippen LogP contribution in [-0.4, -0.2) is 59.4 Å². The van der Waals surface area contributed by atoms with Crippen LogP contribution in [0, 0.1) is 6.92 Å². The number of methoxy groups -OCH3 is 1. The van der Waals surface area contributed by atoms with Crippen molar-refractivity contribution < 1.29 is 9.53 Å². The van der Waals surface area contributed by atoms with Gasteiger partial charge in [-0.1, -0.05) is 30.0 Å². The van der Waals surface area contributed by atoms with E-state index in [1.165, 1.54) is 23.0 Å². The number of para-hydroxylation sites is 1. The zero-order valence-corrected chi connectivity index (χ0v) is 18.8. The molecule has 2 heterocycles. The number of amides is 1. The summed E-state index contributed by atoms with van der Waals surface area (Å²) in [6.07, 6.45) is 4.70. The summed E-state index contributed by atoms with van der Waals surface area (Å²) in [6, 6.07) is 16.3. The van der Waals surface area contributed by atoms with E-state index in [-0.39, 0.29) is 5.91 Å². The lowest BCUT2D eigenvalue weighted by Crippen LogP contribution is -2.36. The van der Waals surface area contributed by atoms with Gasteiger partial charge in [-0.05, 0) is 49.2 Å². The first-order chi connectivity index (χ1) is 15.2. The highest BCUT2D eigenvalue weighted by molar-refractivity contribution is 7.99. The highest BCUT2D eigenvalue weighted by Crippen LogP contribution is 2.24. The van der Waals surface area contributed by atoms with Crippen molar-refractivity contribution in [3.63, 3.8) is 0 Å². The number of nitrogens with zero attached hydrogens (tertiary/aromatic N) is 4. The SMILES string of the molecule is COc1ccc(N2CCCN(C(=O)CSc3nccn3-c3ccccc3C)CC2)cc1. The fraction of sp³-hybridized carbons (Fsp3) is 0.333. The first-order valence-electron chi connectivity index (χ1n) is 10.5. The molecule has 0 atom stereocenters. The van der Waals surface area contributed by atoms with E-state index < -0.39 is 0 Å². The fourth-order valence-corrected chi connectivity index (χ4v) is 4.72. The second kappa shape index (κ2) is 9.92. The lowest BCUT2D eigenvalue weighted by atomic mass is 10.2. The van der Waals surface area contributed by atoms with Crippen molar-refractivity contribution in [3.8, 4) is 11.4 Å². The van der Waals surface area contributed by atoms with Gasteiger partial charge in [0.2, 0.25) is 5.91 Å². The number of hydrogen-bond acceptors (Lipinski definition) is 5. The molecule has 0 bridgehead atoms. The molecule has 1 aliphatic heterocycles. The predicted molar refractivity (Wildman–Crippen MR) is 125 cm³/mol. The second-order valence-corrected chi connectivity index (χ2v) is 8.52. The summed E-state index contributed by atoms with van der Waals surface area (Å²) in [5.41, 5.74) is 3.45. The Labute approximate surface area is 187 Å². The van der Waals surface area contributed by atoms with Crippen molar-refractivity contribution in [3.05, 3.63) is 66.5 Å². The van der Waals surface area contributed by atoms with Gasteiger partial charge in [-0.2, -0.15) is 0 Å². The van der Waals surface area contributed by atoms with Crippen LogP contribution in [0.25, 0.3) is 5.69 Å². The molecule has 1 aromatic heterocycles. The Morgan fingerprint density at radius 1 is 1.06 bits per heavy atom. The van der Waals surface area contributed by atoms with Gasteiger partial charge in [0.15, 0.2) is 5.16 Å². The van der Waals surface area contributed by atoms with E-state index >= 15 is 0 Å². The molecule has 4 rings (SSSR count). The van der Waals surface area contributed by atoms with Crippen molar-refractivity contribution in [1.82, 2.24) is 14.5 Å². The molecule has 1 fully saturated rings. The van der Waals surface area contributed by atoms with Gasteiger partial charge in [-0.25, -0.2) is 4.98 Å². The molecule has 3 aromatic rings. The summed E-state index contributed by atoms with van der Waals surface area (Å²) in [5, 5.41) is 0.845. The third kappa shape index (κ3) is 5.05. The molecule has 0 spiro atoms. The summed E-state index contributed by atoms with van der Waals surface area (Å²) >= 11 is 1.50. The first-order valence-corrected chi connectivity index (χ1v) is 11.5. The summed E-state index contributed by atoms with van der Waals surface area (Å²) in [5.74, 6) is 1.42. The van der Waals surface area contributed by atoms with Crippen LogP contribution >= 0.6 is 11.8 Å². The average molecular weight is 437 g/mol. The number of imidazole rings is 1. The van der Waals surface area contributed by atoms with Crippen LogP contribution in [0.3, 0.4) is 0 Å². The standard InChI is InChI=1S/C24H28N4O2S/c1-19-6-3-4-7-22(19)28-15-12-25-24(28)31-18-23(29)27-14-5-13-26(16-17-27)20-8-10-21(30-2)11-9-20/h3-4,6-12,15H,5,13-14,16-18H2,1-2H3. The molecule has 1 saturated heterocycles. The van der Waals surface area contributed by atoms with E-state index in [4.69, 9.17) is 4.74 Å². The number of rotatable bonds is 6. The molecule has 2 aromatic carbocycles. The van der Waals surface area contributed by atoms with Gasteiger partial charge in [-0.15, -0.1) is 0 Å². The van der Waals surface area contributed by atoms with Gasteiger partial charge in [0, 0.05) is 44.3 Å². The van der Waals surface area contributed by atoms with Crippen molar-refractivity contribution in [2.45, 2.75) is 18.5 Å².